The normalized spacial score (nSPS) is 10.8. The van der Waals surface area contributed by atoms with Crippen LogP contribution in [-0.2, 0) is 9.53 Å². The van der Waals surface area contributed by atoms with E-state index < -0.39 is 0 Å². The quantitative estimate of drug-likeness (QED) is 0.786. The Labute approximate surface area is 144 Å². The summed E-state index contributed by atoms with van der Waals surface area (Å²) in [6.07, 6.45) is 1.61. The first-order valence-electron chi connectivity index (χ1n) is 7.75. The molecule has 7 nitrogen and oxygen atoms in total. The van der Waals surface area contributed by atoms with Crippen LogP contribution in [0.25, 0.3) is 16.7 Å². The third-order valence-corrected chi connectivity index (χ3v) is 3.83. The fraction of sp³-hybridized carbons (Fsp3) is 0.222. The topological polar surface area (TPSA) is 86.1 Å². The van der Waals surface area contributed by atoms with Crippen molar-refractivity contribution in [2.75, 3.05) is 19.0 Å². The Balaban J connectivity index is 2.06. The number of nitrogens with zero attached hydrogens (tertiary/aromatic N) is 3. The number of rotatable bonds is 4. The molecule has 0 unspecified atom stereocenters. The maximum atomic E-state index is 12.8. The zero-order valence-electron chi connectivity index (χ0n) is 14.2. The van der Waals surface area contributed by atoms with Gasteiger partial charge in [-0.2, -0.15) is 0 Å². The number of amides is 1. The zero-order chi connectivity index (χ0) is 18.0. The molecule has 2 heterocycles. The minimum absolute atomic E-state index is 0.0125. The average Bonchev–Trinajstić information content (AvgIpc) is 2.57. The summed E-state index contributed by atoms with van der Waals surface area (Å²) in [4.78, 5) is 33.0. The largest absolute Gasteiger partial charge is 0.375 e. The monoisotopic (exact) mass is 338 g/mol. The minimum atomic E-state index is -0.231. The molecule has 0 saturated carbocycles. The Kier molecular flexibility index (Phi) is 4.58. The number of nitrogens with one attached hydrogen (secondary N) is 1. The first kappa shape index (κ1) is 16.8. The van der Waals surface area contributed by atoms with Crippen molar-refractivity contribution in [3.63, 3.8) is 0 Å². The number of ether oxygens (including phenoxy) is 1. The molecule has 128 valence electrons. The first-order chi connectivity index (χ1) is 12.0. The third-order valence-electron chi connectivity index (χ3n) is 3.83. The van der Waals surface area contributed by atoms with Crippen LogP contribution in [0.15, 0.2) is 41.3 Å². The number of hydrogen-bond acceptors (Lipinski definition) is 5. The molecule has 0 aliphatic heterocycles. The lowest BCUT2D eigenvalue weighted by Crippen LogP contribution is -2.23. The minimum Gasteiger partial charge on any atom is -0.375 e. The number of carbonyl (C=O) groups excluding carboxylic acids is 1. The molecule has 1 amide bonds. The molecule has 0 radical (unpaired) electrons. The van der Waals surface area contributed by atoms with E-state index in [4.69, 9.17) is 4.74 Å². The van der Waals surface area contributed by atoms with Gasteiger partial charge in [-0.05, 0) is 49.7 Å². The summed E-state index contributed by atoms with van der Waals surface area (Å²) in [7, 11) is 1.46. The van der Waals surface area contributed by atoms with Crippen LogP contribution in [0.2, 0.25) is 0 Å². The molecule has 7 heteroatoms. The molecule has 25 heavy (non-hydrogen) atoms. The van der Waals surface area contributed by atoms with Gasteiger partial charge >= 0.3 is 0 Å². The maximum Gasteiger partial charge on any atom is 0.267 e. The molecule has 0 fully saturated rings. The van der Waals surface area contributed by atoms with Crippen LogP contribution in [0.1, 0.15) is 11.4 Å². The third kappa shape index (κ3) is 3.27. The second kappa shape index (κ2) is 6.82. The number of methoxy groups -OCH3 is 1. The van der Waals surface area contributed by atoms with Gasteiger partial charge in [0.25, 0.3) is 5.56 Å². The van der Waals surface area contributed by atoms with E-state index in [1.54, 1.807) is 37.4 Å². The molecular weight excluding hydrogens is 320 g/mol. The fourth-order valence-corrected chi connectivity index (χ4v) is 2.67. The highest BCUT2D eigenvalue weighted by Gasteiger charge is 2.12. The predicted molar refractivity (Wildman–Crippen MR) is 95.1 cm³/mol. The lowest BCUT2D eigenvalue weighted by molar-refractivity contribution is -0.119. The van der Waals surface area contributed by atoms with Crippen LogP contribution >= 0.6 is 0 Å². The van der Waals surface area contributed by atoms with Gasteiger partial charge in [-0.25, -0.2) is 9.97 Å². The summed E-state index contributed by atoms with van der Waals surface area (Å²) >= 11 is 0. The second-order valence-corrected chi connectivity index (χ2v) is 5.65. The summed E-state index contributed by atoms with van der Waals surface area (Å²) in [5.74, 6) is 0.317. The van der Waals surface area contributed by atoms with Crippen molar-refractivity contribution >= 4 is 22.6 Å². The van der Waals surface area contributed by atoms with Crippen LogP contribution in [-0.4, -0.2) is 34.2 Å². The van der Waals surface area contributed by atoms with Crippen molar-refractivity contribution in [3.05, 3.63) is 58.3 Å². The Morgan fingerprint density at radius 1 is 1.28 bits per heavy atom. The summed E-state index contributed by atoms with van der Waals surface area (Å²) in [6.45, 7) is 3.61. The highest BCUT2D eigenvalue weighted by atomic mass is 16.5. The number of carbonyl (C=O) groups is 1. The van der Waals surface area contributed by atoms with E-state index in [2.05, 4.69) is 15.3 Å². The number of pyridine rings is 1. The Hall–Kier alpha value is -3.06. The van der Waals surface area contributed by atoms with Crippen LogP contribution in [0, 0.1) is 13.8 Å². The van der Waals surface area contributed by atoms with Gasteiger partial charge in [0, 0.05) is 19.0 Å². The van der Waals surface area contributed by atoms with Crippen molar-refractivity contribution < 1.29 is 9.53 Å². The number of anilines is 1. The number of hydrogen-bond donors (Lipinski definition) is 1. The molecule has 0 spiro atoms. The summed E-state index contributed by atoms with van der Waals surface area (Å²) in [5.41, 5.74) is 2.45. The summed E-state index contributed by atoms with van der Waals surface area (Å²) in [6, 6.07) is 8.79. The molecule has 0 bridgehead atoms. The lowest BCUT2D eigenvalue weighted by atomic mass is 10.1. The van der Waals surface area contributed by atoms with Gasteiger partial charge in [0.1, 0.15) is 12.4 Å². The number of fused-ring (bicyclic) bond motifs is 1. The number of benzene rings is 1. The van der Waals surface area contributed by atoms with E-state index >= 15 is 0 Å². The molecule has 1 aromatic carbocycles. The summed E-state index contributed by atoms with van der Waals surface area (Å²) < 4.78 is 6.35. The van der Waals surface area contributed by atoms with Crippen molar-refractivity contribution in [2.45, 2.75) is 13.8 Å². The Morgan fingerprint density at radius 2 is 2.08 bits per heavy atom. The lowest BCUT2D eigenvalue weighted by Gasteiger charge is -2.13. The van der Waals surface area contributed by atoms with Gasteiger partial charge in [0.2, 0.25) is 5.91 Å². The average molecular weight is 338 g/mol. The standard InChI is InChI=1S/C18H18N4O3/c1-11-9-13(6-7-15(11)21-16(23)10-25-3)22-12(2)20-17-14(18(22)24)5-4-8-19-17/h4-9H,10H2,1-3H3,(H,21,23). The maximum absolute atomic E-state index is 12.8. The molecule has 0 atom stereocenters. The van der Waals surface area contributed by atoms with Gasteiger partial charge in [0.15, 0.2) is 5.65 Å². The van der Waals surface area contributed by atoms with E-state index in [9.17, 15) is 9.59 Å². The van der Waals surface area contributed by atoms with Gasteiger partial charge in [-0.15, -0.1) is 0 Å². The highest BCUT2D eigenvalue weighted by molar-refractivity contribution is 5.92. The van der Waals surface area contributed by atoms with E-state index in [1.165, 1.54) is 11.7 Å². The molecule has 0 aliphatic rings. The van der Waals surface area contributed by atoms with E-state index in [0.29, 0.717) is 28.2 Å². The van der Waals surface area contributed by atoms with Crippen LogP contribution in [0.5, 0.6) is 0 Å². The molecule has 0 aliphatic carbocycles. The van der Waals surface area contributed by atoms with Crippen molar-refractivity contribution in [1.29, 1.82) is 0 Å². The summed E-state index contributed by atoms with van der Waals surface area (Å²) in [5, 5.41) is 3.23. The van der Waals surface area contributed by atoms with Gasteiger partial charge in [-0.3, -0.25) is 14.2 Å². The van der Waals surface area contributed by atoms with Crippen molar-refractivity contribution in [3.8, 4) is 5.69 Å². The number of aromatic nitrogens is 3. The van der Waals surface area contributed by atoms with Crippen molar-refractivity contribution in [1.82, 2.24) is 14.5 Å². The van der Waals surface area contributed by atoms with E-state index in [1.807, 2.05) is 13.0 Å². The molecule has 0 saturated heterocycles. The van der Waals surface area contributed by atoms with Crippen LogP contribution in [0.3, 0.4) is 0 Å². The number of aryl methyl sites for hydroxylation is 2. The molecule has 3 rings (SSSR count). The molecular formula is C18H18N4O3. The Morgan fingerprint density at radius 3 is 2.80 bits per heavy atom. The van der Waals surface area contributed by atoms with Crippen molar-refractivity contribution in [2.24, 2.45) is 0 Å². The van der Waals surface area contributed by atoms with E-state index in [-0.39, 0.29) is 18.1 Å². The van der Waals surface area contributed by atoms with Crippen LogP contribution in [0.4, 0.5) is 5.69 Å². The van der Waals surface area contributed by atoms with Gasteiger partial charge in [-0.1, -0.05) is 0 Å². The van der Waals surface area contributed by atoms with Gasteiger partial charge in [0.05, 0.1) is 11.1 Å². The Bertz CT molecular complexity index is 1010. The smallest absolute Gasteiger partial charge is 0.267 e. The van der Waals surface area contributed by atoms with Crippen LogP contribution < -0.4 is 10.9 Å². The predicted octanol–water partition coefficient (Wildman–Crippen LogP) is 1.98. The van der Waals surface area contributed by atoms with Gasteiger partial charge < -0.3 is 10.1 Å². The molecule has 3 aromatic rings. The fourth-order valence-electron chi connectivity index (χ4n) is 2.67. The first-order valence-corrected chi connectivity index (χ1v) is 7.75. The second-order valence-electron chi connectivity index (χ2n) is 5.65. The molecule has 2 aromatic heterocycles. The van der Waals surface area contributed by atoms with E-state index in [0.717, 1.165) is 5.56 Å². The highest BCUT2D eigenvalue weighted by Crippen LogP contribution is 2.19. The zero-order valence-corrected chi connectivity index (χ0v) is 14.2. The SMILES string of the molecule is COCC(=O)Nc1ccc(-n2c(C)nc3ncccc3c2=O)cc1C. The molecule has 1 N–H and O–H groups in total.